The molecule has 8 nitrogen and oxygen atoms in total. The molecule has 0 saturated carbocycles. The predicted molar refractivity (Wildman–Crippen MR) is 110 cm³/mol. The molecule has 0 saturated heterocycles. The number of rotatable bonds is 3. The van der Waals surface area contributed by atoms with E-state index in [9.17, 15) is 14.9 Å². The first-order valence-electron chi connectivity index (χ1n) is 8.82. The van der Waals surface area contributed by atoms with Gasteiger partial charge < -0.3 is 10.5 Å². The minimum atomic E-state index is -0.773. The van der Waals surface area contributed by atoms with E-state index in [0.717, 1.165) is 16.9 Å². The Hall–Kier alpha value is -4.03. The number of aromatic nitrogens is 3. The Morgan fingerprint density at radius 1 is 1.23 bits per heavy atom. The van der Waals surface area contributed by atoms with Gasteiger partial charge in [0.25, 0.3) is 5.56 Å². The molecule has 0 aliphatic carbocycles. The molecule has 2 N–H and O–H groups in total. The fourth-order valence-corrected chi connectivity index (χ4v) is 4.50. The van der Waals surface area contributed by atoms with Crippen molar-refractivity contribution in [3.05, 3.63) is 91.0 Å². The third-order valence-electron chi connectivity index (χ3n) is 4.70. The highest BCUT2D eigenvalue weighted by molar-refractivity contribution is 7.07. The van der Waals surface area contributed by atoms with Crippen LogP contribution in [-0.4, -0.2) is 27.6 Å². The fourth-order valence-electron chi connectivity index (χ4n) is 3.32. The van der Waals surface area contributed by atoms with Crippen LogP contribution in [0.3, 0.4) is 0 Å². The largest absolute Gasteiger partial charge is 0.465 e. The summed E-state index contributed by atoms with van der Waals surface area (Å²) in [5.41, 5.74) is 7.46. The van der Waals surface area contributed by atoms with Crippen molar-refractivity contribution < 1.29 is 9.53 Å². The number of nitriles is 1. The number of nitrogens with zero attached hydrogens (tertiary/aromatic N) is 4. The molecule has 0 amide bonds. The van der Waals surface area contributed by atoms with Crippen LogP contribution in [-0.2, 0) is 9.53 Å². The van der Waals surface area contributed by atoms with Gasteiger partial charge in [0, 0.05) is 24.8 Å². The highest BCUT2D eigenvalue weighted by Crippen LogP contribution is 2.30. The Balaban J connectivity index is 2.12. The summed E-state index contributed by atoms with van der Waals surface area (Å²) in [5, 5.41) is 9.83. The summed E-state index contributed by atoms with van der Waals surface area (Å²) in [7, 11) is 1.23. The second-order valence-corrected chi connectivity index (χ2v) is 7.39. The molecule has 3 aromatic heterocycles. The molecule has 1 aliphatic rings. The van der Waals surface area contributed by atoms with Crippen LogP contribution in [0.2, 0.25) is 0 Å². The first kappa shape index (κ1) is 19.3. The van der Waals surface area contributed by atoms with Crippen LogP contribution in [0.5, 0.6) is 0 Å². The third-order valence-corrected chi connectivity index (χ3v) is 5.80. The summed E-state index contributed by atoms with van der Waals surface area (Å²) in [6.45, 7) is 0. The number of methoxy groups -OCH3 is 1. The number of pyridine rings is 2. The second kappa shape index (κ2) is 7.77. The van der Waals surface area contributed by atoms with Gasteiger partial charge in [-0.15, -0.1) is 11.3 Å². The van der Waals surface area contributed by atoms with Crippen LogP contribution in [0.4, 0.5) is 0 Å². The lowest BCUT2D eigenvalue weighted by molar-refractivity contribution is -0.133. The lowest BCUT2D eigenvalue weighted by Gasteiger charge is -2.24. The van der Waals surface area contributed by atoms with E-state index in [-0.39, 0.29) is 22.4 Å². The average molecular weight is 417 g/mol. The van der Waals surface area contributed by atoms with E-state index in [1.165, 1.54) is 11.7 Å². The molecule has 0 aromatic carbocycles. The Bertz CT molecular complexity index is 1380. The summed E-state index contributed by atoms with van der Waals surface area (Å²) in [6, 6.07) is 8.24. The van der Waals surface area contributed by atoms with Crippen molar-refractivity contribution in [1.82, 2.24) is 14.5 Å². The summed E-state index contributed by atoms with van der Waals surface area (Å²) < 4.78 is 7.04. The normalized spacial score (nSPS) is 16.2. The SMILES string of the molecule is COC(=O)C1=c2s/c(=C/c3ccncc3)c(=O)n2[C@@H](c2ccncc2)C(C#N)=C1N. The number of carbonyl (C=O) groups is 1. The lowest BCUT2D eigenvalue weighted by Crippen LogP contribution is -2.41. The van der Waals surface area contributed by atoms with E-state index in [1.807, 2.05) is 0 Å². The van der Waals surface area contributed by atoms with Crippen LogP contribution in [0.25, 0.3) is 11.6 Å². The van der Waals surface area contributed by atoms with E-state index < -0.39 is 12.0 Å². The lowest BCUT2D eigenvalue weighted by atomic mass is 9.93. The molecule has 0 radical (unpaired) electrons. The number of nitrogens with two attached hydrogens (primary N) is 1. The van der Waals surface area contributed by atoms with E-state index in [2.05, 4.69) is 16.0 Å². The predicted octanol–water partition coefficient (Wildman–Crippen LogP) is 0.192. The number of esters is 1. The summed E-state index contributed by atoms with van der Waals surface area (Å²) in [5.74, 6) is -0.709. The van der Waals surface area contributed by atoms with Gasteiger partial charge in [0.1, 0.15) is 16.3 Å². The van der Waals surface area contributed by atoms with Crippen molar-refractivity contribution in [2.45, 2.75) is 6.04 Å². The Labute approximate surface area is 174 Å². The zero-order valence-electron chi connectivity index (χ0n) is 15.8. The summed E-state index contributed by atoms with van der Waals surface area (Å²) in [4.78, 5) is 33.9. The van der Waals surface area contributed by atoms with E-state index in [1.54, 1.807) is 55.1 Å². The van der Waals surface area contributed by atoms with Gasteiger partial charge in [-0.1, -0.05) is 0 Å². The van der Waals surface area contributed by atoms with Crippen LogP contribution < -0.4 is 20.5 Å². The molecular weight excluding hydrogens is 402 g/mol. The zero-order chi connectivity index (χ0) is 21.3. The molecule has 1 aliphatic heterocycles. The molecular formula is C21H15N5O3S. The van der Waals surface area contributed by atoms with Crippen LogP contribution >= 0.6 is 11.3 Å². The number of thiazole rings is 1. The second-order valence-electron chi connectivity index (χ2n) is 6.36. The third kappa shape index (κ3) is 3.09. The van der Waals surface area contributed by atoms with Crippen molar-refractivity contribution >= 4 is 29.0 Å². The smallest absolute Gasteiger partial charge is 0.343 e. The molecule has 0 unspecified atom stereocenters. The minimum absolute atomic E-state index is 0.00266. The van der Waals surface area contributed by atoms with Gasteiger partial charge in [0.05, 0.1) is 29.0 Å². The topological polar surface area (TPSA) is 124 Å². The van der Waals surface area contributed by atoms with Crippen molar-refractivity contribution in [2.24, 2.45) is 5.73 Å². The molecule has 148 valence electrons. The van der Waals surface area contributed by atoms with Gasteiger partial charge in [-0.3, -0.25) is 19.3 Å². The molecule has 1 atom stereocenters. The standard InChI is InChI=1S/C21H15N5O3S/c1-29-21(28)16-17(23)14(11-22)18(13-4-8-25-9-5-13)26-19(27)15(30-20(16)26)10-12-2-6-24-7-3-12/h2-10,18H,23H2,1H3/b15-10+/t18-/m0/s1. The number of carbonyl (C=O) groups excluding carboxylic acids is 1. The molecule has 0 spiro atoms. The Kier molecular flexibility index (Phi) is 5.00. The maximum absolute atomic E-state index is 13.4. The number of allylic oxidation sites excluding steroid dienone is 1. The van der Waals surface area contributed by atoms with Gasteiger partial charge in [-0.25, -0.2) is 4.79 Å². The number of hydrogen-bond acceptors (Lipinski definition) is 8. The number of hydrogen-bond donors (Lipinski definition) is 1. The van der Waals surface area contributed by atoms with Crippen molar-refractivity contribution in [3.63, 3.8) is 0 Å². The first-order valence-corrected chi connectivity index (χ1v) is 9.64. The maximum Gasteiger partial charge on any atom is 0.343 e. The van der Waals surface area contributed by atoms with Crippen LogP contribution in [0.1, 0.15) is 17.2 Å². The van der Waals surface area contributed by atoms with E-state index in [0.29, 0.717) is 14.8 Å². The highest BCUT2D eigenvalue weighted by Gasteiger charge is 2.34. The van der Waals surface area contributed by atoms with Crippen molar-refractivity contribution in [3.8, 4) is 6.07 Å². The Morgan fingerprint density at radius 3 is 2.47 bits per heavy atom. The van der Waals surface area contributed by atoms with Gasteiger partial charge in [0.15, 0.2) is 0 Å². The van der Waals surface area contributed by atoms with Crippen molar-refractivity contribution in [2.75, 3.05) is 7.11 Å². The van der Waals surface area contributed by atoms with Crippen LogP contribution in [0, 0.1) is 11.3 Å². The van der Waals surface area contributed by atoms with E-state index >= 15 is 0 Å². The monoisotopic (exact) mass is 417 g/mol. The molecule has 9 heteroatoms. The summed E-state index contributed by atoms with van der Waals surface area (Å²) >= 11 is 1.12. The molecule has 0 bridgehead atoms. The van der Waals surface area contributed by atoms with Crippen molar-refractivity contribution in [1.29, 1.82) is 5.26 Å². The van der Waals surface area contributed by atoms with Crippen LogP contribution in [0.15, 0.2) is 65.1 Å². The minimum Gasteiger partial charge on any atom is -0.465 e. The van der Waals surface area contributed by atoms with Gasteiger partial charge in [0.2, 0.25) is 0 Å². The van der Waals surface area contributed by atoms with E-state index in [4.69, 9.17) is 10.5 Å². The van der Waals surface area contributed by atoms with Gasteiger partial charge >= 0.3 is 5.97 Å². The molecule has 4 heterocycles. The maximum atomic E-state index is 13.4. The Morgan fingerprint density at radius 2 is 1.87 bits per heavy atom. The number of fused-ring (bicyclic) bond motifs is 1. The molecule has 3 aromatic rings. The first-order chi connectivity index (χ1) is 14.6. The zero-order valence-corrected chi connectivity index (χ0v) is 16.6. The average Bonchev–Trinajstić information content (AvgIpc) is 3.09. The molecule has 4 rings (SSSR count). The highest BCUT2D eigenvalue weighted by atomic mass is 32.1. The summed E-state index contributed by atoms with van der Waals surface area (Å²) in [6.07, 6.45) is 8.09. The number of ether oxygens (including phenoxy) is 1. The molecule has 0 fully saturated rings. The quantitative estimate of drug-likeness (QED) is 0.603. The fraction of sp³-hybridized carbons (Fsp3) is 0.0952. The van der Waals surface area contributed by atoms with Gasteiger partial charge in [-0.2, -0.15) is 5.26 Å². The van der Waals surface area contributed by atoms with Gasteiger partial charge in [-0.05, 0) is 41.5 Å². The molecule has 30 heavy (non-hydrogen) atoms.